The minimum atomic E-state index is -4.59. The molecule has 0 aliphatic heterocycles. The lowest BCUT2D eigenvalue weighted by Crippen LogP contribution is -2.33. The molecular weight excluding hydrogens is 390 g/mol. The van der Waals surface area contributed by atoms with Gasteiger partial charge in [0.05, 0.1) is 11.4 Å². The predicted octanol–water partition coefficient (Wildman–Crippen LogP) is 3.00. The second-order valence-electron chi connectivity index (χ2n) is 6.57. The number of allylic oxidation sites excluding steroid dienone is 1. The van der Waals surface area contributed by atoms with E-state index >= 15 is 0 Å². The maximum atomic E-state index is 13.0. The van der Waals surface area contributed by atoms with Crippen molar-refractivity contribution in [3.8, 4) is 0 Å². The minimum Gasteiger partial charge on any atom is -0.350 e. The first-order valence-corrected chi connectivity index (χ1v) is 8.71. The molecule has 0 unspecified atom stereocenters. The van der Waals surface area contributed by atoms with E-state index in [1.54, 1.807) is 0 Å². The highest BCUT2D eigenvalue weighted by molar-refractivity contribution is 5.78. The van der Waals surface area contributed by atoms with Gasteiger partial charge in [-0.3, -0.25) is 4.79 Å². The Bertz CT molecular complexity index is 885. The van der Waals surface area contributed by atoms with Crippen molar-refractivity contribution in [2.45, 2.75) is 33.5 Å². The standard InChI is InChI=1S/C19H21F4N5O/c1-11(2)18(26-14-6-4-13(20)5-7-14)15(8-24)27-17(29)10-28-9-16(19(21,22)23)25-12(28)3/h4,6,9,11,26H,8,10,24H2,1-3H3,(H,27,29)/b18-15+. The van der Waals surface area contributed by atoms with Crippen LogP contribution in [0, 0.1) is 30.8 Å². The summed E-state index contributed by atoms with van der Waals surface area (Å²) in [5.41, 5.74) is 6.05. The van der Waals surface area contributed by atoms with Crippen molar-refractivity contribution < 1.29 is 22.4 Å². The highest BCUT2D eigenvalue weighted by Crippen LogP contribution is 2.28. The molecule has 1 amide bonds. The number of nitrogens with one attached hydrogen (secondary N) is 2. The Morgan fingerprint density at radius 3 is 2.48 bits per heavy atom. The van der Waals surface area contributed by atoms with Crippen LogP contribution in [0.3, 0.4) is 0 Å². The molecule has 2 rings (SSSR count). The zero-order chi connectivity index (χ0) is 21.8. The fourth-order valence-electron chi connectivity index (χ4n) is 2.55. The fraction of sp³-hybridized carbons (Fsp3) is 0.368. The Morgan fingerprint density at radius 1 is 1.31 bits per heavy atom. The molecule has 0 fully saturated rings. The van der Waals surface area contributed by atoms with Gasteiger partial charge >= 0.3 is 6.18 Å². The van der Waals surface area contributed by atoms with E-state index in [0.717, 1.165) is 10.8 Å². The third kappa shape index (κ3) is 5.96. The Morgan fingerprint density at radius 2 is 2.00 bits per heavy atom. The summed E-state index contributed by atoms with van der Waals surface area (Å²) in [5, 5.41) is 5.65. The number of halogens is 4. The Labute approximate surface area is 165 Å². The monoisotopic (exact) mass is 411 g/mol. The minimum absolute atomic E-state index is 0.0339. The van der Waals surface area contributed by atoms with Gasteiger partial charge in [0.15, 0.2) is 11.5 Å². The maximum Gasteiger partial charge on any atom is 0.434 e. The zero-order valence-corrected chi connectivity index (χ0v) is 16.1. The smallest absolute Gasteiger partial charge is 0.350 e. The van der Waals surface area contributed by atoms with E-state index in [4.69, 9.17) is 5.73 Å². The van der Waals surface area contributed by atoms with Crippen LogP contribution >= 0.6 is 0 Å². The van der Waals surface area contributed by atoms with Crippen molar-refractivity contribution in [1.82, 2.24) is 14.9 Å². The molecule has 6 nitrogen and oxygen atoms in total. The largest absolute Gasteiger partial charge is 0.434 e. The number of nitrogens with zero attached hydrogens (tertiary/aromatic N) is 2. The van der Waals surface area contributed by atoms with Gasteiger partial charge in [0.2, 0.25) is 5.91 Å². The van der Waals surface area contributed by atoms with Crippen molar-refractivity contribution in [1.29, 1.82) is 0 Å². The van der Waals surface area contributed by atoms with Crippen molar-refractivity contribution >= 4 is 11.6 Å². The molecule has 29 heavy (non-hydrogen) atoms. The molecule has 0 aliphatic rings. The average Bonchev–Trinajstić information content (AvgIpc) is 3.00. The van der Waals surface area contributed by atoms with Gasteiger partial charge in [-0.25, -0.2) is 4.98 Å². The van der Waals surface area contributed by atoms with E-state index in [0.29, 0.717) is 17.1 Å². The second-order valence-corrected chi connectivity index (χ2v) is 6.57. The molecule has 1 aromatic carbocycles. The third-order valence-electron chi connectivity index (χ3n) is 3.96. The first-order chi connectivity index (χ1) is 13.5. The highest BCUT2D eigenvalue weighted by Gasteiger charge is 2.34. The van der Waals surface area contributed by atoms with Gasteiger partial charge in [0, 0.05) is 18.4 Å². The van der Waals surface area contributed by atoms with E-state index in [1.807, 2.05) is 13.8 Å². The average molecular weight is 411 g/mol. The Kier molecular flexibility index (Phi) is 6.87. The topological polar surface area (TPSA) is 85.0 Å². The lowest BCUT2D eigenvalue weighted by molar-refractivity contribution is -0.141. The van der Waals surface area contributed by atoms with Crippen molar-refractivity contribution in [2.24, 2.45) is 11.7 Å². The normalized spacial score (nSPS) is 12.4. The molecule has 4 N–H and O–H groups in total. The van der Waals surface area contributed by atoms with Crippen LogP contribution in [0.4, 0.5) is 23.2 Å². The van der Waals surface area contributed by atoms with Crippen LogP contribution in [0.1, 0.15) is 25.4 Å². The number of hydrogen-bond donors (Lipinski definition) is 3. The number of carbonyl (C=O) groups excluding carboxylic acids is 1. The van der Waals surface area contributed by atoms with Gasteiger partial charge in [-0.2, -0.15) is 17.6 Å². The number of aromatic nitrogens is 2. The lowest BCUT2D eigenvalue weighted by atomic mass is 10.1. The van der Waals surface area contributed by atoms with Crippen LogP contribution in [-0.4, -0.2) is 22.0 Å². The molecule has 10 heteroatoms. The summed E-state index contributed by atoms with van der Waals surface area (Å²) in [6.07, 6.45) is -3.81. The van der Waals surface area contributed by atoms with E-state index in [-0.39, 0.29) is 24.8 Å². The molecule has 0 bridgehead atoms. The van der Waals surface area contributed by atoms with Crippen LogP contribution in [0.25, 0.3) is 0 Å². The number of aryl methyl sites for hydroxylation is 1. The molecule has 0 aliphatic carbocycles. The molecule has 0 saturated heterocycles. The molecule has 0 radical (unpaired) electrons. The van der Waals surface area contributed by atoms with Crippen LogP contribution < -0.4 is 16.4 Å². The molecule has 156 valence electrons. The van der Waals surface area contributed by atoms with Crippen LogP contribution in [0.15, 0.2) is 29.7 Å². The molecule has 0 saturated carbocycles. The number of alkyl halides is 3. The van der Waals surface area contributed by atoms with Gasteiger partial charge in [0.25, 0.3) is 0 Å². The first kappa shape index (κ1) is 22.2. The maximum absolute atomic E-state index is 13.0. The van der Waals surface area contributed by atoms with Crippen LogP contribution in [0.2, 0.25) is 0 Å². The van der Waals surface area contributed by atoms with Gasteiger partial charge < -0.3 is 20.9 Å². The number of amides is 1. The van der Waals surface area contributed by atoms with E-state index in [2.05, 4.69) is 27.8 Å². The summed E-state index contributed by atoms with van der Waals surface area (Å²) >= 11 is 0. The Balaban J connectivity index is 2.19. The summed E-state index contributed by atoms with van der Waals surface area (Å²) in [5.74, 6) is -1.16. The van der Waals surface area contributed by atoms with E-state index < -0.39 is 23.6 Å². The highest BCUT2D eigenvalue weighted by atomic mass is 19.4. The van der Waals surface area contributed by atoms with E-state index in [9.17, 15) is 22.4 Å². The summed E-state index contributed by atoms with van der Waals surface area (Å²) < 4.78 is 52.4. The number of rotatable bonds is 7. The first-order valence-electron chi connectivity index (χ1n) is 8.71. The number of carbonyl (C=O) groups is 1. The van der Waals surface area contributed by atoms with Crippen molar-refractivity contribution in [3.05, 3.63) is 59.2 Å². The number of imidazole rings is 1. The SMILES string of the molecule is Cc1nc(C(F)(F)F)cn1CC(=O)N/C(CN)=C(/Nc1c#cc(F)cc1)C(C)C. The molecule has 1 aromatic heterocycles. The quantitative estimate of drug-likeness (QED) is 0.612. The molecule has 0 spiro atoms. The lowest BCUT2D eigenvalue weighted by Gasteiger charge is -2.20. The van der Waals surface area contributed by atoms with Crippen LogP contribution in [0.5, 0.6) is 0 Å². The fourth-order valence-corrected chi connectivity index (χ4v) is 2.55. The predicted molar refractivity (Wildman–Crippen MR) is 98.7 cm³/mol. The summed E-state index contributed by atoms with van der Waals surface area (Å²) in [6, 6.07) is 7.56. The molecular formula is C19H21F4N5O. The van der Waals surface area contributed by atoms with Gasteiger partial charge in [-0.1, -0.05) is 13.8 Å². The van der Waals surface area contributed by atoms with Crippen LogP contribution in [-0.2, 0) is 17.5 Å². The van der Waals surface area contributed by atoms with Gasteiger partial charge in [-0.15, -0.1) is 0 Å². The van der Waals surface area contributed by atoms with Crippen molar-refractivity contribution in [2.75, 3.05) is 11.9 Å². The molecule has 1 heterocycles. The van der Waals surface area contributed by atoms with E-state index in [1.165, 1.54) is 19.1 Å². The van der Waals surface area contributed by atoms with Gasteiger partial charge in [0.1, 0.15) is 12.4 Å². The second kappa shape index (κ2) is 8.96. The molecule has 2 aromatic rings. The molecule has 0 atom stereocenters. The van der Waals surface area contributed by atoms with Gasteiger partial charge in [-0.05, 0) is 37.1 Å². The Hall–Kier alpha value is -3.06. The van der Waals surface area contributed by atoms with Crippen molar-refractivity contribution in [3.63, 3.8) is 0 Å². The number of hydrogen-bond acceptors (Lipinski definition) is 4. The summed E-state index contributed by atoms with van der Waals surface area (Å²) in [6.45, 7) is 4.69. The zero-order valence-electron chi connectivity index (χ0n) is 16.1. The number of anilines is 1. The number of nitrogens with two attached hydrogens (primary N) is 1. The third-order valence-corrected chi connectivity index (χ3v) is 3.96. The summed E-state index contributed by atoms with van der Waals surface area (Å²) in [4.78, 5) is 15.8. The summed E-state index contributed by atoms with van der Waals surface area (Å²) in [7, 11) is 0.